The summed E-state index contributed by atoms with van der Waals surface area (Å²) in [5.41, 5.74) is 3.35. The Kier molecular flexibility index (Phi) is 6.44. The van der Waals surface area contributed by atoms with Crippen molar-refractivity contribution in [2.24, 2.45) is 0 Å². The van der Waals surface area contributed by atoms with Gasteiger partial charge in [0.2, 0.25) is 0 Å². The van der Waals surface area contributed by atoms with Crippen LogP contribution in [0.5, 0.6) is 0 Å². The summed E-state index contributed by atoms with van der Waals surface area (Å²) in [6, 6.07) is 15.5. The molecule has 0 aliphatic carbocycles. The lowest BCUT2D eigenvalue weighted by atomic mass is 10.1. The van der Waals surface area contributed by atoms with Gasteiger partial charge in [-0.2, -0.15) is 0 Å². The predicted molar refractivity (Wildman–Crippen MR) is 94.4 cm³/mol. The van der Waals surface area contributed by atoms with Crippen molar-refractivity contribution in [3.8, 4) is 0 Å². The first kappa shape index (κ1) is 17.3. The average molecular weight is 332 g/mol. The van der Waals surface area contributed by atoms with Gasteiger partial charge in [0.15, 0.2) is 0 Å². The van der Waals surface area contributed by atoms with Crippen LogP contribution in [0.25, 0.3) is 0 Å². The molecule has 2 rings (SSSR count). The third kappa shape index (κ3) is 6.30. The molecule has 0 spiro atoms. The van der Waals surface area contributed by atoms with Gasteiger partial charge in [0.05, 0.1) is 0 Å². The van der Waals surface area contributed by atoms with Gasteiger partial charge in [0, 0.05) is 24.7 Å². The Morgan fingerprint density at radius 2 is 1.30 bits per heavy atom. The fourth-order valence-corrected chi connectivity index (χ4v) is 2.28. The van der Waals surface area contributed by atoms with Gasteiger partial charge in [0.1, 0.15) is 0 Å². The van der Waals surface area contributed by atoms with Gasteiger partial charge in [-0.1, -0.05) is 48.0 Å². The normalized spacial score (nSPS) is 10.6. The molecule has 23 heavy (non-hydrogen) atoms. The van der Waals surface area contributed by atoms with E-state index in [-0.39, 0.29) is 6.03 Å². The minimum absolute atomic E-state index is 0.183. The number of hydrogen-bond acceptors (Lipinski definition) is 2. The molecule has 0 aliphatic heterocycles. The molecule has 0 fully saturated rings. The molecule has 5 heteroatoms. The molecule has 2 amide bonds. The van der Waals surface area contributed by atoms with Crippen molar-refractivity contribution < 1.29 is 4.79 Å². The first-order valence-corrected chi connectivity index (χ1v) is 7.89. The van der Waals surface area contributed by atoms with Crippen LogP contribution in [-0.2, 0) is 19.6 Å². The molecule has 0 heterocycles. The van der Waals surface area contributed by atoms with Gasteiger partial charge in [-0.05, 0) is 42.9 Å². The van der Waals surface area contributed by atoms with Crippen LogP contribution in [0.3, 0.4) is 0 Å². The Balaban J connectivity index is 1.74. The van der Waals surface area contributed by atoms with Crippen LogP contribution in [0.1, 0.15) is 16.7 Å². The molecule has 2 aromatic carbocycles. The zero-order chi connectivity index (χ0) is 16.7. The Morgan fingerprint density at radius 1 is 0.870 bits per heavy atom. The third-order valence-electron chi connectivity index (χ3n) is 3.34. The topological polar surface area (TPSA) is 44.4 Å². The summed E-state index contributed by atoms with van der Waals surface area (Å²) in [6.07, 6.45) is 0. The molecule has 0 unspecified atom stereocenters. The average Bonchev–Trinajstić information content (AvgIpc) is 2.53. The maximum absolute atomic E-state index is 11.8. The van der Waals surface area contributed by atoms with Crippen molar-refractivity contribution in [3.63, 3.8) is 0 Å². The van der Waals surface area contributed by atoms with Crippen molar-refractivity contribution in [2.75, 3.05) is 14.1 Å². The van der Waals surface area contributed by atoms with Gasteiger partial charge < -0.3 is 15.5 Å². The molecule has 4 nitrogen and oxygen atoms in total. The third-order valence-corrected chi connectivity index (χ3v) is 3.59. The Morgan fingerprint density at radius 3 is 1.78 bits per heavy atom. The highest BCUT2D eigenvalue weighted by Gasteiger charge is 2.02. The summed E-state index contributed by atoms with van der Waals surface area (Å²) < 4.78 is 0. The fourth-order valence-electron chi connectivity index (χ4n) is 2.16. The molecule has 0 bridgehead atoms. The second-order valence-electron chi connectivity index (χ2n) is 5.72. The molecule has 0 saturated heterocycles. The monoisotopic (exact) mass is 331 g/mol. The molecule has 0 aliphatic rings. The van der Waals surface area contributed by atoms with Gasteiger partial charge in [-0.3, -0.25) is 0 Å². The van der Waals surface area contributed by atoms with Crippen LogP contribution >= 0.6 is 11.6 Å². The molecular formula is C18H22ClN3O. The molecular weight excluding hydrogens is 310 g/mol. The van der Waals surface area contributed by atoms with Crippen molar-refractivity contribution in [1.82, 2.24) is 15.5 Å². The van der Waals surface area contributed by atoms with Crippen LogP contribution in [0.15, 0.2) is 48.5 Å². The molecule has 0 aromatic heterocycles. The zero-order valence-electron chi connectivity index (χ0n) is 13.5. The van der Waals surface area contributed by atoms with Crippen molar-refractivity contribution in [3.05, 3.63) is 70.2 Å². The molecule has 2 N–H and O–H groups in total. The summed E-state index contributed by atoms with van der Waals surface area (Å²) in [7, 11) is 4.08. The van der Waals surface area contributed by atoms with Crippen LogP contribution in [-0.4, -0.2) is 25.0 Å². The van der Waals surface area contributed by atoms with E-state index < -0.39 is 0 Å². The first-order chi connectivity index (χ1) is 11.0. The predicted octanol–water partition coefficient (Wildman–Crippen LogP) is 3.40. The molecule has 122 valence electrons. The van der Waals surface area contributed by atoms with Gasteiger partial charge in [0.25, 0.3) is 0 Å². The smallest absolute Gasteiger partial charge is 0.315 e. The Labute approximate surface area is 142 Å². The quantitative estimate of drug-likeness (QED) is 0.852. The van der Waals surface area contributed by atoms with E-state index in [0.717, 1.165) is 17.7 Å². The maximum atomic E-state index is 11.8. The van der Waals surface area contributed by atoms with Gasteiger partial charge in [-0.25, -0.2) is 4.79 Å². The first-order valence-electron chi connectivity index (χ1n) is 7.51. The highest BCUT2D eigenvalue weighted by atomic mass is 35.5. The maximum Gasteiger partial charge on any atom is 0.315 e. The second kappa shape index (κ2) is 8.56. The van der Waals surface area contributed by atoms with Gasteiger partial charge >= 0.3 is 6.03 Å². The van der Waals surface area contributed by atoms with Crippen LogP contribution < -0.4 is 10.6 Å². The lowest BCUT2D eigenvalue weighted by Crippen LogP contribution is -2.34. The van der Waals surface area contributed by atoms with Crippen LogP contribution in [0.2, 0.25) is 5.02 Å². The van der Waals surface area contributed by atoms with Crippen molar-refractivity contribution in [2.45, 2.75) is 19.6 Å². The van der Waals surface area contributed by atoms with Crippen molar-refractivity contribution >= 4 is 17.6 Å². The van der Waals surface area contributed by atoms with Crippen LogP contribution in [0.4, 0.5) is 4.79 Å². The summed E-state index contributed by atoms with van der Waals surface area (Å²) in [5, 5.41) is 6.37. The number of halogens is 1. The lowest BCUT2D eigenvalue weighted by molar-refractivity contribution is 0.240. The number of hydrogen-bond donors (Lipinski definition) is 2. The van der Waals surface area contributed by atoms with E-state index in [9.17, 15) is 4.79 Å². The van der Waals surface area contributed by atoms with Crippen LogP contribution in [0, 0.1) is 0 Å². The summed E-state index contributed by atoms with van der Waals surface area (Å²) in [6.45, 7) is 1.90. The largest absolute Gasteiger partial charge is 0.334 e. The number of amides is 2. The number of benzene rings is 2. The summed E-state index contributed by atoms with van der Waals surface area (Å²) >= 11 is 5.83. The van der Waals surface area contributed by atoms with E-state index in [2.05, 4.69) is 27.7 Å². The molecule has 2 aromatic rings. The SMILES string of the molecule is CN(C)Cc1ccc(CNC(=O)NCc2ccc(Cl)cc2)cc1. The number of urea groups is 1. The second-order valence-corrected chi connectivity index (χ2v) is 6.15. The van der Waals surface area contributed by atoms with E-state index in [1.54, 1.807) is 0 Å². The standard InChI is InChI=1S/C18H22ClN3O/c1-22(2)13-16-5-3-14(4-6-16)11-20-18(23)21-12-15-7-9-17(19)10-8-15/h3-10H,11-13H2,1-2H3,(H2,20,21,23). The lowest BCUT2D eigenvalue weighted by Gasteiger charge is -2.11. The minimum atomic E-state index is -0.183. The summed E-state index contributed by atoms with van der Waals surface area (Å²) in [5.74, 6) is 0. The van der Waals surface area contributed by atoms with E-state index in [1.165, 1.54) is 5.56 Å². The number of carbonyl (C=O) groups excluding carboxylic acids is 1. The molecule has 0 atom stereocenters. The Bertz CT molecular complexity index is 624. The molecule has 0 saturated carbocycles. The minimum Gasteiger partial charge on any atom is -0.334 e. The van der Waals surface area contributed by atoms with Crippen molar-refractivity contribution in [1.29, 1.82) is 0 Å². The highest BCUT2D eigenvalue weighted by molar-refractivity contribution is 6.30. The van der Waals surface area contributed by atoms with Gasteiger partial charge in [-0.15, -0.1) is 0 Å². The molecule has 0 radical (unpaired) electrons. The van der Waals surface area contributed by atoms with E-state index in [1.807, 2.05) is 50.5 Å². The van der Waals surface area contributed by atoms with E-state index in [0.29, 0.717) is 18.1 Å². The number of nitrogens with zero attached hydrogens (tertiary/aromatic N) is 1. The number of rotatable bonds is 6. The zero-order valence-corrected chi connectivity index (χ0v) is 14.2. The number of carbonyl (C=O) groups is 1. The fraction of sp³-hybridized carbons (Fsp3) is 0.278. The Hall–Kier alpha value is -2.04. The van der Waals surface area contributed by atoms with E-state index >= 15 is 0 Å². The van der Waals surface area contributed by atoms with E-state index in [4.69, 9.17) is 11.6 Å². The highest BCUT2D eigenvalue weighted by Crippen LogP contribution is 2.09. The summed E-state index contributed by atoms with van der Waals surface area (Å²) in [4.78, 5) is 13.9. The number of nitrogens with one attached hydrogen (secondary N) is 2.